The second-order valence-electron chi connectivity index (χ2n) is 3.47. The van der Waals surface area contributed by atoms with Gasteiger partial charge in [-0.3, -0.25) is 0 Å². The van der Waals surface area contributed by atoms with Crippen LogP contribution in [0.3, 0.4) is 0 Å². The lowest BCUT2D eigenvalue weighted by atomic mass is 10.0. The molecule has 88 valence electrons. The van der Waals surface area contributed by atoms with E-state index in [-0.39, 0.29) is 6.04 Å². The first kappa shape index (κ1) is 12.6. The largest absolute Gasteiger partial charge is 0.493 e. The van der Waals surface area contributed by atoms with E-state index >= 15 is 0 Å². The van der Waals surface area contributed by atoms with E-state index < -0.39 is 0 Å². The Morgan fingerprint density at radius 1 is 1.44 bits per heavy atom. The molecule has 0 fully saturated rings. The zero-order valence-corrected chi connectivity index (χ0v) is 9.90. The first-order valence-electron chi connectivity index (χ1n) is 5.40. The van der Waals surface area contributed by atoms with Crippen molar-refractivity contribution in [1.29, 1.82) is 0 Å². The van der Waals surface area contributed by atoms with Crippen molar-refractivity contribution in [2.24, 2.45) is 5.73 Å². The average Bonchev–Trinajstić information content (AvgIpc) is 2.29. The maximum Gasteiger partial charge on any atom is 0.161 e. The molecule has 3 heteroatoms. The Morgan fingerprint density at radius 2 is 2.19 bits per heavy atom. The Hall–Kier alpha value is -1.48. The van der Waals surface area contributed by atoms with Gasteiger partial charge in [-0.2, -0.15) is 0 Å². The lowest BCUT2D eigenvalue weighted by Crippen LogP contribution is -2.09. The Bertz CT molecular complexity index is 350. The highest BCUT2D eigenvalue weighted by atomic mass is 16.5. The van der Waals surface area contributed by atoms with Crippen molar-refractivity contribution in [2.45, 2.75) is 19.4 Å². The van der Waals surface area contributed by atoms with Crippen molar-refractivity contribution in [1.82, 2.24) is 0 Å². The third-order valence-corrected chi connectivity index (χ3v) is 2.34. The lowest BCUT2D eigenvalue weighted by molar-refractivity contribution is 0.310. The zero-order chi connectivity index (χ0) is 12.0. The van der Waals surface area contributed by atoms with Gasteiger partial charge in [0.1, 0.15) is 0 Å². The molecule has 0 aliphatic heterocycles. The molecule has 0 saturated carbocycles. The highest BCUT2D eigenvalue weighted by Gasteiger charge is 2.09. The molecule has 3 nitrogen and oxygen atoms in total. The van der Waals surface area contributed by atoms with E-state index in [0.29, 0.717) is 6.61 Å². The van der Waals surface area contributed by atoms with Crippen LogP contribution in [0.25, 0.3) is 0 Å². The van der Waals surface area contributed by atoms with Crippen molar-refractivity contribution in [3.05, 3.63) is 36.4 Å². The molecule has 1 rings (SSSR count). The second kappa shape index (κ2) is 6.18. The number of nitrogens with two attached hydrogens (primary N) is 1. The minimum atomic E-state index is -0.0392. The van der Waals surface area contributed by atoms with Gasteiger partial charge in [-0.05, 0) is 31.0 Å². The molecule has 0 aliphatic carbocycles. The van der Waals surface area contributed by atoms with Gasteiger partial charge in [0.05, 0.1) is 13.7 Å². The summed E-state index contributed by atoms with van der Waals surface area (Å²) in [4.78, 5) is 0. The average molecular weight is 221 g/mol. The number of rotatable bonds is 6. The number of hydrogen-bond acceptors (Lipinski definition) is 3. The molecular weight excluding hydrogens is 202 g/mol. The SMILES string of the molecule is C=CC[C@H](N)c1ccc(OC)c(OCC)c1. The quantitative estimate of drug-likeness (QED) is 0.751. The molecule has 1 aromatic carbocycles. The third kappa shape index (κ3) is 3.00. The summed E-state index contributed by atoms with van der Waals surface area (Å²) in [5.41, 5.74) is 7.03. The van der Waals surface area contributed by atoms with E-state index in [4.69, 9.17) is 15.2 Å². The molecule has 0 radical (unpaired) electrons. The van der Waals surface area contributed by atoms with Crippen molar-refractivity contribution in [3.8, 4) is 11.5 Å². The fraction of sp³-hybridized carbons (Fsp3) is 0.385. The van der Waals surface area contributed by atoms with Gasteiger partial charge >= 0.3 is 0 Å². The molecule has 0 amide bonds. The van der Waals surface area contributed by atoms with E-state index in [2.05, 4.69) is 6.58 Å². The minimum Gasteiger partial charge on any atom is -0.493 e. The molecule has 1 atom stereocenters. The molecule has 0 bridgehead atoms. The van der Waals surface area contributed by atoms with Crippen molar-refractivity contribution >= 4 is 0 Å². The number of hydrogen-bond donors (Lipinski definition) is 1. The number of methoxy groups -OCH3 is 1. The predicted octanol–water partition coefficient (Wildman–Crippen LogP) is 2.67. The zero-order valence-electron chi connectivity index (χ0n) is 9.90. The van der Waals surface area contributed by atoms with Crippen LogP contribution in [-0.4, -0.2) is 13.7 Å². The Morgan fingerprint density at radius 3 is 2.75 bits per heavy atom. The molecule has 2 N–H and O–H groups in total. The van der Waals surface area contributed by atoms with Crippen LogP contribution in [0.15, 0.2) is 30.9 Å². The molecular formula is C13H19NO2. The Balaban J connectivity index is 2.96. The number of benzene rings is 1. The maximum atomic E-state index is 5.99. The summed E-state index contributed by atoms with van der Waals surface area (Å²) in [7, 11) is 1.63. The van der Waals surface area contributed by atoms with Crippen LogP contribution < -0.4 is 15.2 Å². The molecule has 0 aliphatic rings. The van der Waals surface area contributed by atoms with Crippen LogP contribution in [0.1, 0.15) is 24.9 Å². The van der Waals surface area contributed by atoms with E-state index in [0.717, 1.165) is 23.5 Å². The highest BCUT2D eigenvalue weighted by Crippen LogP contribution is 2.30. The minimum absolute atomic E-state index is 0.0392. The van der Waals surface area contributed by atoms with E-state index in [1.807, 2.05) is 31.2 Å². The summed E-state index contributed by atoms with van der Waals surface area (Å²) in [6, 6.07) is 5.72. The van der Waals surface area contributed by atoms with Gasteiger partial charge in [-0.15, -0.1) is 6.58 Å². The monoisotopic (exact) mass is 221 g/mol. The van der Waals surface area contributed by atoms with Gasteiger partial charge in [0.25, 0.3) is 0 Å². The molecule has 16 heavy (non-hydrogen) atoms. The lowest BCUT2D eigenvalue weighted by Gasteiger charge is -2.14. The van der Waals surface area contributed by atoms with Gasteiger partial charge in [0.2, 0.25) is 0 Å². The summed E-state index contributed by atoms with van der Waals surface area (Å²) in [5.74, 6) is 1.47. The topological polar surface area (TPSA) is 44.5 Å². The smallest absolute Gasteiger partial charge is 0.161 e. The summed E-state index contributed by atoms with van der Waals surface area (Å²) >= 11 is 0. The summed E-state index contributed by atoms with van der Waals surface area (Å²) in [6.45, 7) is 6.23. The Kier molecular flexibility index (Phi) is 4.86. The van der Waals surface area contributed by atoms with E-state index in [1.165, 1.54) is 0 Å². The van der Waals surface area contributed by atoms with Crippen molar-refractivity contribution in [3.63, 3.8) is 0 Å². The standard InChI is InChI=1S/C13H19NO2/c1-4-6-11(14)10-7-8-12(15-3)13(9-10)16-5-2/h4,7-9,11H,1,5-6,14H2,2-3H3/t11-/m0/s1. The fourth-order valence-corrected chi connectivity index (χ4v) is 1.51. The van der Waals surface area contributed by atoms with Gasteiger partial charge in [0, 0.05) is 6.04 Å². The van der Waals surface area contributed by atoms with Crippen LogP contribution in [0, 0.1) is 0 Å². The fourth-order valence-electron chi connectivity index (χ4n) is 1.51. The molecule has 0 unspecified atom stereocenters. The van der Waals surface area contributed by atoms with Crippen molar-refractivity contribution in [2.75, 3.05) is 13.7 Å². The first-order valence-corrected chi connectivity index (χ1v) is 5.40. The molecule has 0 aromatic heterocycles. The van der Waals surface area contributed by atoms with Crippen LogP contribution >= 0.6 is 0 Å². The van der Waals surface area contributed by atoms with E-state index in [1.54, 1.807) is 7.11 Å². The van der Waals surface area contributed by atoms with Crippen LogP contribution in [0.2, 0.25) is 0 Å². The number of ether oxygens (including phenoxy) is 2. The maximum absolute atomic E-state index is 5.99. The second-order valence-corrected chi connectivity index (χ2v) is 3.47. The van der Waals surface area contributed by atoms with Crippen LogP contribution in [0.5, 0.6) is 11.5 Å². The normalized spacial score (nSPS) is 11.9. The molecule has 0 saturated heterocycles. The predicted molar refractivity (Wildman–Crippen MR) is 65.9 cm³/mol. The first-order chi connectivity index (χ1) is 7.72. The molecule has 0 spiro atoms. The molecule has 0 heterocycles. The third-order valence-electron chi connectivity index (χ3n) is 2.34. The van der Waals surface area contributed by atoms with Crippen LogP contribution in [0.4, 0.5) is 0 Å². The highest BCUT2D eigenvalue weighted by molar-refractivity contribution is 5.43. The molecule has 1 aromatic rings. The summed E-state index contributed by atoms with van der Waals surface area (Å²) < 4.78 is 10.7. The van der Waals surface area contributed by atoms with Gasteiger partial charge < -0.3 is 15.2 Å². The van der Waals surface area contributed by atoms with E-state index in [9.17, 15) is 0 Å². The van der Waals surface area contributed by atoms with Gasteiger partial charge in [0.15, 0.2) is 11.5 Å². The summed E-state index contributed by atoms with van der Waals surface area (Å²) in [6.07, 6.45) is 2.56. The van der Waals surface area contributed by atoms with Gasteiger partial charge in [-0.25, -0.2) is 0 Å². The van der Waals surface area contributed by atoms with Gasteiger partial charge in [-0.1, -0.05) is 12.1 Å². The van der Waals surface area contributed by atoms with Crippen LogP contribution in [-0.2, 0) is 0 Å². The summed E-state index contributed by atoms with van der Waals surface area (Å²) in [5, 5.41) is 0. The Labute approximate surface area is 96.9 Å². The van der Waals surface area contributed by atoms with Crippen molar-refractivity contribution < 1.29 is 9.47 Å².